The maximum atomic E-state index is 12.6. The van der Waals surface area contributed by atoms with Gasteiger partial charge in [0.1, 0.15) is 17.9 Å². The Morgan fingerprint density at radius 3 is 2.93 bits per heavy atom. The fourth-order valence-corrected chi connectivity index (χ4v) is 3.48. The number of nitrogens with zero attached hydrogens (tertiary/aromatic N) is 2. The van der Waals surface area contributed by atoms with Crippen molar-refractivity contribution in [3.8, 4) is 17.0 Å². The Morgan fingerprint density at radius 1 is 1.33 bits per heavy atom. The van der Waals surface area contributed by atoms with Gasteiger partial charge in [0.2, 0.25) is 5.91 Å². The molecule has 1 saturated heterocycles. The maximum absolute atomic E-state index is 12.6. The summed E-state index contributed by atoms with van der Waals surface area (Å²) in [7, 11) is 1.65. The first-order chi connectivity index (χ1) is 13.2. The first-order valence-electron chi connectivity index (χ1n) is 9.21. The average molecular weight is 365 g/mol. The Bertz CT molecular complexity index is 927. The van der Waals surface area contributed by atoms with Gasteiger partial charge in [-0.15, -0.1) is 0 Å². The monoisotopic (exact) mass is 365 g/mol. The Morgan fingerprint density at radius 2 is 2.19 bits per heavy atom. The quantitative estimate of drug-likeness (QED) is 0.729. The first kappa shape index (κ1) is 17.5. The van der Waals surface area contributed by atoms with Crippen LogP contribution in [0.3, 0.4) is 0 Å². The van der Waals surface area contributed by atoms with Crippen molar-refractivity contribution in [3.05, 3.63) is 48.7 Å². The number of rotatable bonds is 6. The molecule has 1 unspecified atom stereocenters. The minimum absolute atomic E-state index is 0.0385. The van der Waals surface area contributed by atoms with Gasteiger partial charge in [0.25, 0.3) is 0 Å². The van der Waals surface area contributed by atoms with Crippen LogP contribution < -0.4 is 10.1 Å². The van der Waals surface area contributed by atoms with Crippen LogP contribution in [-0.2, 0) is 16.1 Å². The van der Waals surface area contributed by atoms with E-state index in [9.17, 15) is 4.79 Å². The molecule has 2 aromatic heterocycles. The standard InChI is InChI=1S/C21H23N3O3/c1-26-17-8-6-15(7-9-17)19-12-16-4-2-10-22-21(16)24(19)14-20(25)23-13-18-5-3-11-27-18/h2,4,6-10,12,18H,3,5,11,13-14H2,1H3,(H,23,25). The molecule has 1 aliphatic rings. The number of aromatic nitrogens is 2. The third kappa shape index (κ3) is 3.80. The van der Waals surface area contributed by atoms with Crippen molar-refractivity contribution in [2.45, 2.75) is 25.5 Å². The lowest BCUT2D eigenvalue weighted by atomic mass is 10.1. The number of fused-ring (bicyclic) bond motifs is 1. The van der Waals surface area contributed by atoms with Crippen LogP contribution in [0.15, 0.2) is 48.7 Å². The van der Waals surface area contributed by atoms with E-state index in [0.717, 1.165) is 47.5 Å². The summed E-state index contributed by atoms with van der Waals surface area (Å²) in [4.78, 5) is 17.0. The van der Waals surface area contributed by atoms with Crippen molar-refractivity contribution >= 4 is 16.9 Å². The summed E-state index contributed by atoms with van der Waals surface area (Å²) < 4.78 is 12.8. The van der Waals surface area contributed by atoms with Crippen LogP contribution >= 0.6 is 0 Å². The molecule has 3 aromatic rings. The topological polar surface area (TPSA) is 65.4 Å². The first-order valence-corrected chi connectivity index (χ1v) is 9.21. The molecular weight excluding hydrogens is 342 g/mol. The fraction of sp³-hybridized carbons (Fsp3) is 0.333. The van der Waals surface area contributed by atoms with Crippen molar-refractivity contribution < 1.29 is 14.3 Å². The van der Waals surface area contributed by atoms with E-state index in [4.69, 9.17) is 9.47 Å². The van der Waals surface area contributed by atoms with Crippen molar-refractivity contribution in [1.82, 2.24) is 14.9 Å². The van der Waals surface area contributed by atoms with Gasteiger partial charge in [-0.3, -0.25) is 4.79 Å². The van der Waals surface area contributed by atoms with Crippen LogP contribution in [0.5, 0.6) is 5.75 Å². The number of nitrogens with one attached hydrogen (secondary N) is 1. The summed E-state index contributed by atoms with van der Waals surface area (Å²) in [6, 6.07) is 13.8. The summed E-state index contributed by atoms with van der Waals surface area (Å²) in [5.41, 5.74) is 2.77. The molecule has 1 amide bonds. The van der Waals surface area contributed by atoms with Crippen molar-refractivity contribution in [1.29, 1.82) is 0 Å². The summed E-state index contributed by atoms with van der Waals surface area (Å²) in [6.07, 6.45) is 3.95. The number of amides is 1. The molecule has 1 aromatic carbocycles. The molecule has 0 spiro atoms. The lowest BCUT2D eigenvalue weighted by Gasteiger charge is -2.13. The number of ether oxygens (including phenoxy) is 2. The molecule has 6 nitrogen and oxygen atoms in total. The molecule has 1 N–H and O–H groups in total. The van der Waals surface area contributed by atoms with Gasteiger partial charge < -0.3 is 19.4 Å². The largest absolute Gasteiger partial charge is 0.497 e. The second-order valence-corrected chi connectivity index (χ2v) is 6.70. The second kappa shape index (κ2) is 7.80. The predicted molar refractivity (Wildman–Crippen MR) is 104 cm³/mol. The molecule has 0 radical (unpaired) electrons. The molecule has 1 fully saturated rings. The molecule has 4 rings (SSSR count). The van der Waals surface area contributed by atoms with E-state index in [1.54, 1.807) is 13.3 Å². The van der Waals surface area contributed by atoms with E-state index in [2.05, 4.69) is 16.4 Å². The minimum atomic E-state index is -0.0385. The number of hydrogen-bond donors (Lipinski definition) is 1. The SMILES string of the molecule is COc1ccc(-c2cc3cccnc3n2CC(=O)NCC2CCCO2)cc1. The number of carbonyl (C=O) groups excluding carboxylic acids is 1. The third-order valence-electron chi connectivity index (χ3n) is 4.89. The van der Waals surface area contributed by atoms with Gasteiger partial charge in [0, 0.05) is 24.7 Å². The second-order valence-electron chi connectivity index (χ2n) is 6.70. The highest BCUT2D eigenvalue weighted by Gasteiger charge is 2.18. The van der Waals surface area contributed by atoms with Crippen LogP contribution in [0.25, 0.3) is 22.3 Å². The third-order valence-corrected chi connectivity index (χ3v) is 4.89. The van der Waals surface area contributed by atoms with Crippen LogP contribution in [0.2, 0.25) is 0 Å². The summed E-state index contributed by atoms with van der Waals surface area (Å²) in [5, 5.41) is 4.00. The van der Waals surface area contributed by atoms with Crippen LogP contribution in [0.1, 0.15) is 12.8 Å². The number of benzene rings is 1. The molecular formula is C21H23N3O3. The van der Waals surface area contributed by atoms with E-state index in [0.29, 0.717) is 6.54 Å². The predicted octanol–water partition coefficient (Wildman–Crippen LogP) is 3.01. The van der Waals surface area contributed by atoms with Crippen molar-refractivity contribution in [2.75, 3.05) is 20.3 Å². The highest BCUT2D eigenvalue weighted by atomic mass is 16.5. The number of hydrogen-bond acceptors (Lipinski definition) is 4. The van der Waals surface area contributed by atoms with E-state index in [1.807, 2.05) is 41.0 Å². The van der Waals surface area contributed by atoms with Gasteiger partial charge in [-0.25, -0.2) is 4.98 Å². The van der Waals surface area contributed by atoms with Crippen LogP contribution in [0.4, 0.5) is 0 Å². The van der Waals surface area contributed by atoms with Gasteiger partial charge in [-0.1, -0.05) is 0 Å². The molecule has 27 heavy (non-hydrogen) atoms. The number of methoxy groups -OCH3 is 1. The molecule has 0 saturated carbocycles. The molecule has 6 heteroatoms. The molecule has 3 heterocycles. The van der Waals surface area contributed by atoms with Crippen molar-refractivity contribution in [2.24, 2.45) is 0 Å². The Hall–Kier alpha value is -2.86. The molecule has 1 atom stereocenters. The summed E-state index contributed by atoms with van der Waals surface area (Å²) in [5.74, 6) is 0.761. The van der Waals surface area contributed by atoms with Crippen LogP contribution in [0, 0.1) is 0 Å². The highest BCUT2D eigenvalue weighted by Crippen LogP contribution is 2.28. The Labute approximate surface area is 158 Å². The molecule has 0 bridgehead atoms. The maximum Gasteiger partial charge on any atom is 0.240 e. The Kier molecular flexibility index (Phi) is 5.07. The molecule has 140 valence electrons. The lowest BCUT2D eigenvalue weighted by molar-refractivity contribution is -0.122. The fourth-order valence-electron chi connectivity index (χ4n) is 3.48. The zero-order valence-corrected chi connectivity index (χ0v) is 15.4. The average Bonchev–Trinajstić information content (AvgIpc) is 3.35. The molecule has 1 aliphatic heterocycles. The van der Waals surface area contributed by atoms with Crippen molar-refractivity contribution in [3.63, 3.8) is 0 Å². The summed E-state index contributed by atoms with van der Waals surface area (Å²) >= 11 is 0. The van der Waals surface area contributed by atoms with Gasteiger partial charge in [0.05, 0.1) is 18.9 Å². The number of pyridine rings is 1. The molecule has 0 aliphatic carbocycles. The van der Waals surface area contributed by atoms with Gasteiger partial charge in [0.15, 0.2) is 0 Å². The summed E-state index contributed by atoms with van der Waals surface area (Å²) in [6.45, 7) is 1.56. The van der Waals surface area contributed by atoms with E-state index >= 15 is 0 Å². The zero-order valence-electron chi connectivity index (χ0n) is 15.4. The van der Waals surface area contributed by atoms with E-state index < -0.39 is 0 Å². The smallest absolute Gasteiger partial charge is 0.240 e. The lowest BCUT2D eigenvalue weighted by Crippen LogP contribution is -2.34. The van der Waals surface area contributed by atoms with E-state index in [-0.39, 0.29) is 18.6 Å². The zero-order chi connectivity index (χ0) is 18.6. The normalized spacial score (nSPS) is 16.6. The van der Waals surface area contributed by atoms with Gasteiger partial charge in [-0.05, 0) is 60.9 Å². The van der Waals surface area contributed by atoms with Gasteiger partial charge in [-0.2, -0.15) is 0 Å². The minimum Gasteiger partial charge on any atom is -0.497 e. The highest BCUT2D eigenvalue weighted by molar-refractivity contribution is 5.87. The number of carbonyl (C=O) groups is 1. The Balaban J connectivity index is 1.60. The van der Waals surface area contributed by atoms with Crippen LogP contribution in [-0.4, -0.2) is 41.8 Å². The van der Waals surface area contributed by atoms with Gasteiger partial charge >= 0.3 is 0 Å². The van der Waals surface area contributed by atoms with E-state index in [1.165, 1.54) is 0 Å².